The van der Waals surface area contributed by atoms with Gasteiger partial charge in [-0.25, -0.2) is 4.39 Å². The maximum Gasteiger partial charge on any atom is 0.374 e. The van der Waals surface area contributed by atoms with E-state index in [4.69, 9.17) is 0 Å². The summed E-state index contributed by atoms with van der Waals surface area (Å²) in [6.07, 6.45) is 1.75. The number of piperidine rings is 1. The Bertz CT molecular complexity index is 388. The quantitative estimate of drug-likeness (QED) is 0.855. The minimum Gasteiger partial charge on any atom is -0.493 e. The van der Waals surface area contributed by atoms with Crippen LogP contribution in [0.25, 0.3) is 0 Å². The van der Waals surface area contributed by atoms with Crippen molar-refractivity contribution in [3.63, 3.8) is 0 Å². The molecule has 1 aliphatic heterocycles. The van der Waals surface area contributed by atoms with Gasteiger partial charge in [-0.05, 0) is 19.4 Å². The van der Waals surface area contributed by atoms with Crippen LogP contribution in [0.4, 0.5) is 13.2 Å². The van der Waals surface area contributed by atoms with E-state index in [0.717, 1.165) is 19.4 Å². The van der Waals surface area contributed by atoms with E-state index in [1.807, 2.05) is 0 Å². The second-order valence-corrected chi connectivity index (χ2v) is 4.18. The molecule has 0 spiro atoms. The van der Waals surface area contributed by atoms with Crippen LogP contribution < -0.4 is 5.32 Å². The van der Waals surface area contributed by atoms with E-state index in [1.165, 1.54) is 6.07 Å². The normalized spacial score (nSPS) is 21.7. The molecule has 0 aliphatic carbocycles. The highest BCUT2D eigenvalue weighted by atomic mass is 19.3. The van der Waals surface area contributed by atoms with Gasteiger partial charge >= 0.3 is 6.05 Å². The molecule has 17 heavy (non-hydrogen) atoms. The van der Waals surface area contributed by atoms with Gasteiger partial charge in [0.1, 0.15) is 0 Å². The molecule has 1 fully saturated rings. The standard InChI is InChI=1S/C10H14F3N3O/c11-6-10(12,13)16-9(17)4-8(15-16)7-2-1-3-14-5-7/h4,7,14,17H,1-3,5-6H2. The molecule has 4 nitrogen and oxygen atoms in total. The molecule has 1 aromatic heterocycles. The summed E-state index contributed by atoms with van der Waals surface area (Å²) < 4.78 is 38.4. The van der Waals surface area contributed by atoms with Crippen LogP contribution in [0, 0.1) is 0 Å². The third-order valence-electron chi connectivity index (χ3n) is 2.90. The molecule has 7 heteroatoms. The lowest BCUT2D eigenvalue weighted by atomic mass is 9.96. The van der Waals surface area contributed by atoms with Crippen LogP contribution in [0.2, 0.25) is 0 Å². The lowest BCUT2D eigenvalue weighted by Gasteiger charge is -2.20. The summed E-state index contributed by atoms with van der Waals surface area (Å²) in [5, 5.41) is 16.1. The third-order valence-corrected chi connectivity index (χ3v) is 2.90. The Morgan fingerprint density at radius 2 is 2.35 bits per heavy atom. The van der Waals surface area contributed by atoms with Crippen molar-refractivity contribution in [2.45, 2.75) is 24.8 Å². The summed E-state index contributed by atoms with van der Waals surface area (Å²) in [6.45, 7) is -0.355. The fourth-order valence-electron chi connectivity index (χ4n) is 1.99. The second-order valence-electron chi connectivity index (χ2n) is 4.18. The van der Waals surface area contributed by atoms with Crippen LogP contribution >= 0.6 is 0 Å². The SMILES string of the molecule is Oc1cc(C2CCCNC2)nn1C(F)(F)CF. The van der Waals surface area contributed by atoms with Gasteiger partial charge in [0.15, 0.2) is 6.67 Å². The van der Waals surface area contributed by atoms with Gasteiger partial charge in [0, 0.05) is 18.5 Å². The number of aromatic hydroxyl groups is 1. The number of rotatable bonds is 3. The highest BCUT2D eigenvalue weighted by Gasteiger charge is 2.36. The maximum absolute atomic E-state index is 13.1. The van der Waals surface area contributed by atoms with E-state index in [-0.39, 0.29) is 10.6 Å². The molecule has 1 aliphatic rings. The molecule has 2 N–H and O–H groups in total. The van der Waals surface area contributed by atoms with Gasteiger partial charge in [-0.15, -0.1) is 0 Å². The predicted molar refractivity (Wildman–Crippen MR) is 54.9 cm³/mol. The molecular weight excluding hydrogens is 235 g/mol. The number of halogens is 3. The number of aromatic nitrogens is 2. The van der Waals surface area contributed by atoms with E-state index in [9.17, 15) is 18.3 Å². The van der Waals surface area contributed by atoms with Crippen molar-refractivity contribution in [3.05, 3.63) is 11.8 Å². The van der Waals surface area contributed by atoms with Gasteiger partial charge < -0.3 is 10.4 Å². The molecule has 2 heterocycles. The predicted octanol–water partition coefficient (Wildman–Crippen LogP) is 1.57. The van der Waals surface area contributed by atoms with E-state index in [0.29, 0.717) is 12.2 Å². The Morgan fingerprint density at radius 1 is 1.59 bits per heavy atom. The van der Waals surface area contributed by atoms with Crippen LogP contribution in [0.15, 0.2) is 6.07 Å². The Hall–Kier alpha value is -1.24. The number of alkyl halides is 3. The van der Waals surface area contributed by atoms with Crippen LogP contribution in [-0.4, -0.2) is 34.7 Å². The van der Waals surface area contributed by atoms with E-state index in [1.54, 1.807) is 0 Å². The minimum absolute atomic E-state index is 0.00805. The molecule has 0 saturated carbocycles. The van der Waals surface area contributed by atoms with Crippen molar-refractivity contribution in [3.8, 4) is 5.88 Å². The van der Waals surface area contributed by atoms with Crippen molar-refractivity contribution < 1.29 is 18.3 Å². The van der Waals surface area contributed by atoms with Gasteiger partial charge in [-0.3, -0.25) is 0 Å². The monoisotopic (exact) mass is 249 g/mol. The van der Waals surface area contributed by atoms with E-state index < -0.39 is 18.6 Å². The van der Waals surface area contributed by atoms with Crippen LogP contribution in [0.5, 0.6) is 5.88 Å². The molecule has 1 unspecified atom stereocenters. The zero-order valence-electron chi connectivity index (χ0n) is 9.17. The first-order valence-corrected chi connectivity index (χ1v) is 5.48. The van der Waals surface area contributed by atoms with Gasteiger partial charge in [0.25, 0.3) is 0 Å². The summed E-state index contributed by atoms with van der Waals surface area (Å²) in [5.74, 6) is -0.709. The van der Waals surface area contributed by atoms with E-state index in [2.05, 4.69) is 10.4 Å². The molecule has 0 bridgehead atoms. The number of hydrogen-bond donors (Lipinski definition) is 2. The van der Waals surface area contributed by atoms with Crippen molar-refractivity contribution in [1.82, 2.24) is 15.1 Å². The van der Waals surface area contributed by atoms with Gasteiger partial charge in [-0.1, -0.05) is 0 Å². The smallest absolute Gasteiger partial charge is 0.374 e. The van der Waals surface area contributed by atoms with Crippen molar-refractivity contribution in [1.29, 1.82) is 0 Å². The minimum atomic E-state index is -3.79. The molecule has 1 saturated heterocycles. The summed E-state index contributed by atoms with van der Waals surface area (Å²) in [4.78, 5) is 0. The first-order valence-electron chi connectivity index (χ1n) is 5.48. The van der Waals surface area contributed by atoms with E-state index >= 15 is 0 Å². The van der Waals surface area contributed by atoms with Gasteiger partial charge in [0.05, 0.1) is 5.69 Å². The average molecular weight is 249 g/mol. The molecule has 2 rings (SSSR count). The highest BCUT2D eigenvalue weighted by Crippen LogP contribution is 2.30. The van der Waals surface area contributed by atoms with Crippen LogP contribution in [-0.2, 0) is 6.05 Å². The van der Waals surface area contributed by atoms with Crippen LogP contribution in [0.3, 0.4) is 0 Å². The molecule has 96 valence electrons. The second kappa shape index (κ2) is 4.56. The Kier molecular flexibility index (Phi) is 3.28. The number of hydrogen-bond acceptors (Lipinski definition) is 3. The first kappa shape index (κ1) is 12.2. The highest BCUT2D eigenvalue weighted by molar-refractivity contribution is 5.19. The zero-order valence-corrected chi connectivity index (χ0v) is 9.17. The first-order chi connectivity index (χ1) is 8.04. The molecule has 0 radical (unpaired) electrons. The molecule has 1 aromatic rings. The Labute approximate surface area is 96.4 Å². The Morgan fingerprint density at radius 3 is 2.94 bits per heavy atom. The lowest BCUT2D eigenvalue weighted by Crippen LogP contribution is -2.30. The zero-order chi connectivity index (χ0) is 12.5. The number of nitrogens with zero attached hydrogens (tertiary/aromatic N) is 2. The summed E-state index contributed by atoms with van der Waals surface area (Å²) in [5.41, 5.74) is 0.378. The average Bonchev–Trinajstić information content (AvgIpc) is 2.73. The van der Waals surface area contributed by atoms with Gasteiger partial charge in [0.2, 0.25) is 5.88 Å². The fourth-order valence-corrected chi connectivity index (χ4v) is 1.99. The fraction of sp³-hybridized carbons (Fsp3) is 0.700. The summed E-state index contributed by atoms with van der Waals surface area (Å²) in [6, 6.07) is -2.61. The molecule has 0 aromatic carbocycles. The van der Waals surface area contributed by atoms with Crippen LogP contribution in [0.1, 0.15) is 24.5 Å². The van der Waals surface area contributed by atoms with Gasteiger partial charge in [-0.2, -0.15) is 18.6 Å². The largest absolute Gasteiger partial charge is 0.493 e. The van der Waals surface area contributed by atoms with Crippen molar-refractivity contribution in [2.24, 2.45) is 0 Å². The number of nitrogens with one attached hydrogen (secondary N) is 1. The topological polar surface area (TPSA) is 50.1 Å². The van der Waals surface area contributed by atoms with Crippen molar-refractivity contribution in [2.75, 3.05) is 19.8 Å². The maximum atomic E-state index is 13.1. The molecule has 1 atom stereocenters. The summed E-state index contributed by atoms with van der Waals surface area (Å²) >= 11 is 0. The molecule has 0 amide bonds. The molecular formula is C10H14F3N3O. The third kappa shape index (κ3) is 2.38. The Balaban J connectivity index is 2.23. The summed E-state index contributed by atoms with van der Waals surface area (Å²) in [7, 11) is 0. The van der Waals surface area contributed by atoms with Crippen molar-refractivity contribution >= 4 is 0 Å². The lowest BCUT2D eigenvalue weighted by molar-refractivity contribution is -0.113.